The number of benzene rings is 1. The van der Waals surface area contributed by atoms with Gasteiger partial charge in [-0.05, 0) is 30.7 Å². The number of primary amides is 1. The number of rotatable bonds is 5. The van der Waals surface area contributed by atoms with E-state index in [-0.39, 0.29) is 12.5 Å². The number of amides is 2. The van der Waals surface area contributed by atoms with Gasteiger partial charge in [-0.3, -0.25) is 9.59 Å². The third-order valence-corrected chi connectivity index (χ3v) is 2.74. The Morgan fingerprint density at radius 3 is 2.61 bits per heavy atom. The fourth-order valence-corrected chi connectivity index (χ4v) is 2.08. The molecule has 1 rings (SSSR count). The SMILES string of the molecule is COC[C@@H](NC(=O)c1cc(C)cc(Br)c1)C(N)=O. The Hall–Kier alpha value is -1.40. The molecular weight excluding hydrogens is 300 g/mol. The first kappa shape index (κ1) is 14.7. The van der Waals surface area contributed by atoms with Gasteiger partial charge in [-0.25, -0.2) is 0 Å². The predicted molar refractivity (Wildman–Crippen MR) is 71.2 cm³/mol. The monoisotopic (exact) mass is 314 g/mol. The molecule has 1 aromatic rings. The van der Waals surface area contributed by atoms with Crippen molar-refractivity contribution in [2.24, 2.45) is 5.73 Å². The van der Waals surface area contributed by atoms with E-state index in [0.29, 0.717) is 5.56 Å². The molecule has 0 aliphatic heterocycles. The molecule has 18 heavy (non-hydrogen) atoms. The van der Waals surface area contributed by atoms with Gasteiger partial charge in [0.1, 0.15) is 6.04 Å². The van der Waals surface area contributed by atoms with Crippen molar-refractivity contribution in [3.63, 3.8) is 0 Å². The van der Waals surface area contributed by atoms with Gasteiger partial charge < -0.3 is 15.8 Å². The third-order valence-electron chi connectivity index (χ3n) is 2.29. The summed E-state index contributed by atoms with van der Waals surface area (Å²) < 4.78 is 5.63. The van der Waals surface area contributed by atoms with Gasteiger partial charge in [-0.2, -0.15) is 0 Å². The molecule has 0 heterocycles. The van der Waals surface area contributed by atoms with Crippen molar-refractivity contribution >= 4 is 27.7 Å². The number of hydrogen-bond donors (Lipinski definition) is 2. The van der Waals surface area contributed by atoms with Gasteiger partial charge in [-0.1, -0.05) is 15.9 Å². The minimum Gasteiger partial charge on any atom is -0.382 e. The van der Waals surface area contributed by atoms with Gasteiger partial charge in [0.15, 0.2) is 0 Å². The van der Waals surface area contributed by atoms with Gasteiger partial charge >= 0.3 is 0 Å². The number of hydrogen-bond acceptors (Lipinski definition) is 3. The van der Waals surface area contributed by atoms with Crippen LogP contribution in [0.25, 0.3) is 0 Å². The van der Waals surface area contributed by atoms with Crippen LogP contribution in [0.2, 0.25) is 0 Å². The summed E-state index contributed by atoms with van der Waals surface area (Å²) in [6, 6.07) is 4.46. The second-order valence-electron chi connectivity index (χ2n) is 3.90. The van der Waals surface area contributed by atoms with E-state index in [0.717, 1.165) is 10.0 Å². The van der Waals surface area contributed by atoms with Crippen molar-refractivity contribution in [1.29, 1.82) is 0 Å². The molecule has 98 valence electrons. The molecule has 3 N–H and O–H groups in total. The average molecular weight is 315 g/mol. The van der Waals surface area contributed by atoms with Crippen molar-refractivity contribution in [3.8, 4) is 0 Å². The fourth-order valence-electron chi connectivity index (χ4n) is 1.47. The number of nitrogens with two attached hydrogens (primary N) is 1. The Balaban J connectivity index is 2.83. The van der Waals surface area contributed by atoms with Crippen LogP contribution in [0.15, 0.2) is 22.7 Å². The van der Waals surface area contributed by atoms with Crippen molar-refractivity contribution in [3.05, 3.63) is 33.8 Å². The summed E-state index contributed by atoms with van der Waals surface area (Å²) in [5.41, 5.74) is 6.57. The molecule has 1 atom stereocenters. The number of carbonyl (C=O) groups is 2. The van der Waals surface area contributed by atoms with Crippen LogP contribution in [-0.4, -0.2) is 31.6 Å². The Morgan fingerprint density at radius 2 is 2.11 bits per heavy atom. The summed E-state index contributed by atoms with van der Waals surface area (Å²) in [5, 5.41) is 2.53. The molecule has 0 aliphatic rings. The number of nitrogens with one attached hydrogen (secondary N) is 1. The molecule has 0 aliphatic carbocycles. The zero-order valence-electron chi connectivity index (χ0n) is 10.2. The molecule has 0 aromatic heterocycles. The van der Waals surface area contributed by atoms with Crippen LogP contribution in [-0.2, 0) is 9.53 Å². The molecule has 2 amide bonds. The van der Waals surface area contributed by atoms with E-state index in [1.54, 1.807) is 12.1 Å². The van der Waals surface area contributed by atoms with Crippen molar-refractivity contribution in [1.82, 2.24) is 5.32 Å². The lowest BCUT2D eigenvalue weighted by molar-refractivity contribution is -0.121. The Labute approximate surface area is 114 Å². The highest BCUT2D eigenvalue weighted by Gasteiger charge is 2.18. The predicted octanol–water partition coefficient (Wildman–Crippen LogP) is 0.988. The zero-order valence-corrected chi connectivity index (χ0v) is 11.8. The van der Waals surface area contributed by atoms with E-state index in [1.807, 2.05) is 13.0 Å². The van der Waals surface area contributed by atoms with E-state index in [9.17, 15) is 9.59 Å². The highest BCUT2D eigenvalue weighted by Crippen LogP contribution is 2.15. The summed E-state index contributed by atoms with van der Waals surface area (Å²) in [4.78, 5) is 23.1. The molecular formula is C12H15BrN2O3. The lowest BCUT2D eigenvalue weighted by Gasteiger charge is -2.14. The van der Waals surface area contributed by atoms with E-state index < -0.39 is 11.9 Å². The second kappa shape index (κ2) is 6.51. The van der Waals surface area contributed by atoms with Crippen molar-refractivity contribution in [2.45, 2.75) is 13.0 Å². The largest absolute Gasteiger partial charge is 0.382 e. The van der Waals surface area contributed by atoms with E-state index in [1.165, 1.54) is 7.11 Å². The number of aryl methyl sites for hydroxylation is 1. The lowest BCUT2D eigenvalue weighted by Crippen LogP contribution is -2.47. The summed E-state index contributed by atoms with van der Waals surface area (Å²) in [5.74, 6) is -0.989. The van der Waals surface area contributed by atoms with Crippen LogP contribution in [0, 0.1) is 6.92 Å². The third kappa shape index (κ3) is 4.12. The maximum atomic E-state index is 11.9. The first-order valence-electron chi connectivity index (χ1n) is 5.30. The summed E-state index contributed by atoms with van der Waals surface area (Å²) in [6.07, 6.45) is 0. The molecule has 0 saturated carbocycles. The smallest absolute Gasteiger partial charge is 0.252 e. The average Bonchev–Trinajstić information content (AvgIpc) is 2.26. The minimum absolute atomic E-state index is 0.0497. The number of halogens is 1. The van der Waals surface area contributed by atoms with Gasteiger partial charge in [0.05, 0.1) is 6.61 Å². The summed E-state index contributed by atoms with van der Waals surface area (Å²) in [6.45, 7) is 1.93. The lowest BCUT2D eigenvalue weighted by atomic mass is 10.1. The van der Waals surface area contributed by atoms with Crippen molar-refractivity contribution in [2.75, 3.05) is 13.7 Å². The quantitative estimate of drug-likeness (QED) is 0.850. The van der Waals surface area contributed by atoms with Crippen LogP contribution in [0.1, 0.15) is 15.9 Å². The van der Waals surface area contributed by atoms with Crippen LogP contribution in [0.5, 0.6) is 0 Å². The second-order valence-corrected chi connectivity index (χ2v) is 4.82. The molecule has 5 nitrogen and oxygen atoms in total. The molecule has 0 unspecified atom stereocenters. The highest BCUT2D eigenvalue weighted by molar-refractivity contribution is 9.10. The Bertz CT molecular complexity index is 442. The normalized spacial score (nSPS) is 11.9. The molecule has 0 fully saturated rings. The number of ether oxygens (including phenoxy) is 1. The summed E-state index contributed by atoms with van der Waals surface area (Å²) >= 11 is 3.31. The molecule has 0 spiro atoms. The maximum absolute atomic E-state index is 11.9. The topological polar surface area (TPSA) is 81.4 Å². The molecule has 0 saturated heterocycles. The molecule has 0 bridgehead atoms. The standard InChI is InChI=1S/C12H15BrN2O3/c1-7-3-8(5-9(13)4-7)12(17)15-10(6-18-2)11(14)16/h3-5,10H,6H2,1-2H3,(H2,14,16)(H,15,17)/t10-/m1/s1. The number of carbonyl (C=O) groups excluding carboxylic acids is 2. The Morgan fingerprint density at radius 1 is 1.44 bits per heavy atom. The van der Waals surface area contributed by atoms with Gasteiger partial charge in [0.2, 0.25) is 5.91 Å². The number of methoxy groups -OCH3 is 1. The van der Waals surface area contributed by atoms with E-state index >= 15 is 0 Å². The minimum atomic E-state index is -0.832. The molecule has 6 heteroatoms. The van der Waals surface area contributed by atoms with Gasteiger partial charge in [0.25, 0.3) is 5.91 Å². The first-order valence-corrected chi connectivity index (χ1v) is 6.09. The first-order chi connectivity index (χ1) is 8.43. The van der Waals surface area contributed by atoms with Crippen LogP contribution < -0.4 is 11.1 Å². The van der Waals surface area contributed by atoms with Gasteiger partial charge in [-0.15, -0.1) is 0 Å². The van der Waals surface area contributed by atoms with Gasteiger partial charge in [0, 0.05) is 17.1 Å². The summed E-state index contributed by atoms with van der Waals surface area (Å²) in [7, 11) is 1.44. The molecule has 1 aromatic carbocycles. The zero-order chi connectivity index (χ0) is 13.7. The van der Waals surface area contributed by atoms with Crippen molar-refractivity contribution < 1.29 is 14.3 Å². The van der Waals surface area contributed by atoms with E-state index in [4.69, 9.17) is 10.5 Å². The van der Waals surface area contributed by atoms with Crippen LogP contribution in [0.3, 0.4) is 0 Å². The highest BCUT2D eigenvalue weighted by atomic mass is 79.9. The van der Waals surface area contributed by atoms with Crippen LogP contribution in [0.4, 0.5) is 0 Å². The molecule has 0 radical (unpaired) electrons. The van der Waals surface area contributed by atoms with E-state index in [2.05, 4.69) is 21.2 Å². The van der Waals surface area contributed by atoms with Crippen LogP contribution >= 0.6 is 15.9 Å². The fraction of sp³-hybridized carbons (Fsp3) is 0.333. The maximum Gasteiger partial charge on any atom is 0.252 e. The Kier molecular flexibility index (Phi) is 5.30.